The Labute approximate surface area is 171 Å². The maximum atomic E-state index is 12.9. The minimum atomic E-state index is -0.198. The molecule has 1 aromatic carbocycles. The molecule has 2 N–H and O–H groups in total. The van der Waals surface area contributed by atoms with Gasteiger partial charge < -0.3 is 15.5 Å². The van der Waals surface area contributed by atoms with Crippen LogP contribution < -0.4 is 10.6 Å². The highest BCUT2D eigenvalue weighted by molar-refractivity contribution is 7.99. The summed E-state index contributed by atoms with van der Waals surface area (Å²) in [5.74, 6) is 1.76. The molecule has 0 radical (unpaired) electrons. The lowest BCUT2D eigenvalue weighted by atomic mass is 10.3. The molecule has 1 fully saturated rings. The number of guanidine groups is 1. The van der Waals surface area contributed by atoms with E-state index in [-0.39, 0.29) is 11.7 Å². The maximum absolute atomic E-state index is 12.9. The van der Waals surface area contributed by atoms with Gasteiger partial charge in [-0.2, -0.15) is 0 Å². The average molecular weight is 410 g/mol. The van der Waals surface area contributed by atoms with Crippen LogP contribution in [0.25, 0.3) is 0 Å². The summed E-state index contributed by atoms with van der Waals surface area (Å²) in [6.07, 6.45) is 0.964. The van der Waals surface area contributed by atoms with Crippen molar-refractivity contribution in [1.82, 2.24) is 20.4 Å². The molecule has 0 aromatic heterocycles. The Hall–Kier alpha value is -1.80. The Balaban J connectivity index is 1.62. The van der Waals surface area contributed by atoms with Gasteiger partial charge in [-0.25, -0.2) is 4.39 Å². The SMILES string of the molecule is CCNC(=NCCCSc1ccc(F)cc1)NCCN1CCN(C(C)=O)CC1. The van der Waals surface area contributed by atoms with Crippen LogP contribution in [0, 0.1) is 5.82 Å². The number of hydrogen-bond acceptors (Lipinski definition) is 4. The number of piperazine rings is 1. The van der Waals surface area contributed by atoms with Gasteiger partial charge in [0, 0.05) is 64.2 Å². The number of aliphatic imine (C=N–C) groups is 1. The molecule has 1 heterocycles. The highest BCUT2D eigenvalue weighted by Crippen LogP contribution is 2.18. The van der Waals surface area contributed by atoms with Crippen LogP contribution in [0.1, 0.15) is 20.3 Å². The Bertz CT molecular complexity index is 618. The van der Waals surface area contributed by atoms with Crippen LogP contribution in [0.5, 0.6) is 0 Å². The van der Waals surface area contributed by atoms with Crippen LogP contribution in [-0.4, -0.2) is 79.8 Å². The third kappa shape index (κ3) is 8.48. The molecule has 0 spiro atoms. The van der Waals surface area contributed by atoms with Gasteiger partial charge in [-0.1, -0.05) is 0 Å². The van der Waals surface area contributed by atoms with Crippen molar-refractivity contribution < 1.29 is 9.18 Å². The Morgan fingerprint density at radius 2 is 1.89 bits per heavy atom. The van der Waals surface area contributed by atoms with E-state index >= 15 is 0 Å². The molecule has 2 rings (SSSR count). The highest BCUT2D eigenvalue weighted by Gasteiger charge is 2.17. The molecule has 1 saturated heterocycles. The Morgan fingerprint density at radius 1 is 1.18 bits per heavy atom. The number of hydrogen-bond donors (Lipinski definition) is 2. The van der Waals surface area contributed by atoms with Crippen molar-refractivity contribution in [3.63, 3.8) is 0 Å². The van der Waals surface area contributed by atoms with E-state index in [1.165, 1.54) is 12.1 Å². The molecule has 0 unspecified atom stereocenters. The first-order valence-electron chi connectivity index (χ1n) is 9.97. The predicted molar refractivity (Wildman–Crippen MR) is 114 cm³/mol. The van der Waals surface area contributed by atoms with E-state index in [0.29, 0.717) is 0 Å². The molecule has 156 valence electrons. The van der Waals surface area contributed by atoms with Crippen molar-refractivity contribution in [2.45, 2.75) is 25.2 Å². The second-order valence-electron chi connectivity index (χ2n) is 6.69. The van der Waals surface area contributed by atoms with Crippen LogP contribution in [0.4, 0.5) is 4.39 Å². The van der Waals surface area contributed by atoms with E-state index in [1.54, 1.807) is 18.7 Å². The Kier molecular flexibility index (Phi) is 10.1. The van der Waals surface area contributed by atoms with Gasteiger partial charge in [0.15, 0.2) is 5.96 Å². The molecule has 0 bridgehead atoms. The molecule has 0 saturated carbocycles. The van der Waals surface area contributed by atoms with Gasteiger partial charge in [0.2, 0.25) is 5.91 Å². The molecular formula is C20H32FN5OS. The van der Waals surface area contributed by atoms with Gasteiger partial charge in [0.1, 0.15) is 5.82 Å². The van der Waals surface area contributed by atoms with Gasteiger partial charge >= 0.3 is 0 Å². The van der Waals surface area contributed by atoms with E-state index in [1.807, 2.05) is 17.0 Å². The van der Waals surface area contributed by atoms with Crippen LogP contribution in [0.2, 0.25) is 0 Å². The van der Waals surface area contributed by atoms with Crippen molar-refractivity contribution in [2.75, 3.05) is 58.1 Å². The zero-order valence-electron chi connectivity index (χ0n) is 16.9. The van der Waals surface area contributed by atoms with Gasteiger partial charge in [0.05, 0.1) is 0 Å². The van der Waals surface area contributed by atoms with E-state index in [0.717, 1.165) is 75.4 Å². The fourth-order valence-electron chi connectivity index (χ4n) is 2.94. The number of halogens is 1. The van der Waals surface area contributed by atoms with Crippen molar-refractivity contribution in [1.29, 1.82) is 0 Å². The molecule has 1 aliphatic heterocycles. The fourth-order valence-corrected chi connectivity index (χ4v) is 3.77. The molecule has 0 atom stereocenters. The van der Waals surface area contributed by atoms with Crippen LogP contribution >= 0.6 is 11.8 Å². The number of carbonyl (C=O) groups is 1. The third-order valence-electron chi connectivity index (χ3n) is 4.54. The molecule has 28 heavy (non-hydrogen) atoms. The number of carbonyl (C=O) groups excluding carboxylic acids is 1. The molecule has 1 aliphatic rings. The summed E-state index contributed by atoms with van der Waals surface area (Å²) >= 11 is 1.72. The standard InChI is InChI=1S/C20H32FN5OS/c1-3-22-20(23-9-4-16-28-19-7-5-18(21)6-8-19)24-10-11-25-12-14-26(15-13-25)17(2)27/h5-8H,3-4,9-16H2,1-2H3,(H2,22,23,24). The molecular weight excluding hydrogens is 377 g/mol. The van der Waals surface area contributed by atoms with Crippen molar-refractivity contribution in [3.05, 3.63) is 30.1 Å². The zero-order chi connectivity index (χ0) is 20.2. The third-order valence-corrected chi connectivity index (χ3v) is 5.64. The normalized spacial score (nSPS) is 15.5. The van der Waals surface area contributed by atoms with Crippen LogP contribution in [-0.2, 0) is 4.79 Å². The summed E-state index contributed by atoms with van der Waals surface area (Å²) < 4.78 is 12.9. The Morgan fingerprint density at radius 3 is 2.54 bits per heavy atom. The first kappa shape index (κ1) is 22.5. The quantitative estimate of drug-likeness (QED) is 0.283. The molecule has 1 aromatic rings. The monoisotopic (exact) mass is 409 g/mol. The maximum Gasteiger partial charge on any atom is 0.219 e. The minimum Gasteiger partial charge on any atom is -0.357 e. The smallest absolute Gasteiger partial charge is 0.219 e. The van der Waals surface area contributed by atoms with Crippen LogP contribution in [0.3, 0.4) is 0 Å². The molecule has 6 nitrogen and oxygen atoms in total. The first-order valence-corrected chi connectivity index (χ1v) is 11.0. The van der Waals surface area contributed by atoms with Gasteiger partial charge in [-0.15, -0.1) is 11.8 Å². The lowest BCUT2D eigenvalue weighted by Gasteiger charge is -2.34. The first-order chi connectivity index (χ1) is 13.6. The summed E-state index contributed by atoms with van der Waals surface area (Å²) in [5, 5.41) is 6.66. The number of nitrogens with one attached hydrogen (secondary N) is 2. The summed E-state index contributed by atoms with van der Waals surface area (Å²) in [4.78, 5) is 21.4. The second-order valence-corrected chi connectivity index (χ2v) is 7.86. The molecule has 1 amide bonds. The average Bonchev–Trinajstić information content (AvgIpc) is 2.69. The van der Waals surface area contributed by atoms with Crippen molar-refractivity contribution >= 4 is 23.6 Å². The number of benzene rings is 1. The summed E-state index contributed by atoms with van der Waals surface area (Å²) in [6, 6.07) is 6.61. The van der Waals surface area contributed by atoms with Gasteiger partial charge in [-0.05, 0) is 43.4 Å². The number of thioether (sulfide) groups is 1. The topological polar surface area (TPSA) is 60.0 Å². The summed E-state index contributed by atoms with van der Waals surface area (Å²) in [6.45, 7) is 10.5. The van der Waals surface area contributed by atoms with E-state index in [2.05, 4.69) is 27.4 Å². The molecule has 8 heteroatoms. The van der Waals surface area contributed by atoms with E-state index in [9.17, 15) is 9.18 Å². The van der Waals surface area contributed by atoms with Crippen molar-refractivity contribution in [2.24, 2.45) is 4.99 Å². The number of nitrogens with zero attached hydrogens (tertiary/aromatic N) is 3. The number of rotatable bonds is 9. The lowest BCUT2D eigenvalue weighted by molar-refractivity contribution is -0.130. The zero-order valence-corrected chi connectivity index (χ0v) is 17.7. The largest absolute Gasteiger partial charge is 0.357 e. The molecule has 0 aliphatic carbocycles. The van der Waals surface area contributed by atoms with Gasteiger partial charge in [0.25, 0.3) is 0 Å². The van der Waals surface area contributed by atoms with Crippen molar-refractivity contribution in [3.8, 4) is 0 Å². The predicted octanol–water partition coefficient (Wildman–Crippen LogP) is 2.03. The van der Waals surface area contributed by atoms with E-state index in [4.69, 9.17) is 0 Å². The number of amides is 1. The minimum absolute atomic E-state index is 0.164. The highest BCUT2D eigenvalue weighted by atomic mass is 32.2. The second kappa shape index (κ2) is 12.6. The van der Waals surface area contributed by atoms with Gasteiger partial charge in [-0.3, -0.25) is 14.7 Å². The fraction of sp³-hybridized carbons (Fsp3) is 0.600. The van der Waals surface area contributed by atoms with E-state index < -0.39 is 0 Å². The summed E-state index contributed by atoms with van der Waals surface area (Å²) in [7, 11) is 0. The lowest BCUT2D eigenvalue weighted by Crippen LogP contribution is -2.50. The van der Waals surface area contributed by atoms with Crippen LogP contribution in [0.15, 0.2) is 34.2 Å². The summed E-state index contributed by atoms with van der Waals surface area (Å²) in [5.41, 5.74) is 0.